The van der Waals surface area contributed by atoms with Crippen LogP contribution in [-0.2, 0) is 7.05 Å². The number of carbonyl (C=O) groups excluding carboxylic acids is 1. The number of nitrogens with one attached hydrogen (secondary N) is 1. The number of carbonyl (C=O) groups is 1. The highest BCUT2D eigenvalue weighted by atomic mass is 35.5. The molecule has 0 saturated carbocycles. The Balaban J connectivity index is 1.64. The van der Waals surface area contributed by atoms with Crippen molar-refractivity contribution in [2.75, 3.05) is 0 Å². The fourth-order valence-corrected chi connectivity index (χ4v) is 4.36. The summed E-state index contributed by atoms with van der Waals surface area (Å²) >= 11 is 12.3. The van der Waals surface area contributed by atoms with Crippen LogP contribution in [0, 0.1) is 0 Å². The number of rotatable bonds is 3. The van der Waals surface area contributed by atoms with E-state index in [-0.39, 0.29) is 17.5 Å². The summed E-state index contributed by atoms with van der Waals surface area (Å²) in [6.45, 7) is 0. The molecule has 3 aromatic rings. The molecule has 1 unspecified atom stereocenters. The van der Waals surface area contributed by atoms with Crippen molar-refractivity contribution >= 4 is 29.1 Å². The molecule has 0 fully saturated rings. The minimum atomic E-state index is -0.605. The standard InChI is InChI=1S/C23H20Cl2N2O3/c1-27-11-10-17(21(28)23(27)30)22(29)26-20-9-7-14(15-4-2-3-5-16(15)20)13-6-8-18(24)19(25)12-13/h2-6,8,10-12,14,20,28H,7,9H2,1H3,(H,26,29)/t14-,20?/m0/s1. The Morgan fingerprint density at radius 1 is 1.07 bits per heavy atom. The third kappa shape index (κ3) is 3.71. The second kappa shape index (κ2) is 8.17. The first-order valence-corrected chi connectivity index (χ1v) is 10.4. The lowest BCUT2D eigenvalue weighted by Crippen LogP contribution is -2.33. The van der Waals surface area contributed by atoms with Crippen molar-refractivity contribution in [3.8, 4) is 5.75 Å². The Morgan fingerprint density at radius 2 is 1.80 bits per heavy atom. The number of amides is 1. The first kappa shape index (κ1) is 20.5. The SMILES string of the molecule is Cn1ccc(C(=O)NC2CC[C@@H](c3ccc(Cl)c(Cl)c3)c3ccccc32)c(O)c1=O. The molecule has 1 heterocycles. The molecule has 2 atom stereocenters. The molecule has 0 radical (unpaired) electrons. The zero-order valence-electron chi connectivity index (χ0n) is 16.2. The van der Waals surface area contributed by atoms with E-state index >= 15 is 0 Å². The van der Waals surface area contributed by atoms with Crippen LogP contribution in [0.2, 0.25) is 10.0 Å². The molecule has 1 aromatic heterocycles. The molecule has 1 aliphatic carbocycles. The van der Waals surface area contributed by atoms with E-state index in [9.17, 15) is 14.7 Å². The molecular weight excluding hydrogens is 423 g/mol. The number of aromatic nitrogens is 1. The predicted octanol–water partition coefficient (Wildman–Crippen LogP) is 4.79. The van der Waals surface area contributed by atoms with E-state index in [4.69, 9.17) is 23.2 Å². The topological polar surface area (TPSA) is 71.3 Å². The third-order valence-electron chi connectivity index (χ3n) is 5.63. The third-order valence-corrected chi connectivity index (χ3v) is 6.37. The average molecular weight is 443 g/mol. The molecule has 1 amide bonds. The molecule has 0 bridgehead atoms. The fraction of sp³-hybridized carbons (Fsp3) is 0.217. The maximum Gasteiger partial charge on any atom is 0.293 e. The normalized spacial score (nSPS) is 18.0. The van der Waals surface area contributed by atoms with Gasteiger partial charge in [-0.3, -0.25) is 9.59 Å². The highest BCUT2D eigenvalue weighted by Crippen LogP contribution is 2.42. The second-order valence-corrected chi connectivity index (χ2v) is 8.27. The van der Waals surface area contributed by atoms with Gasteiger partial charge in [0.2, 0.25) is 0 Å². The Labute approximate surface area is 183 Å². The molecule has 5 nitrogen and oxygen atoms in total. The molecule has 30 heavy (non-hydrogen) atoms. The zero-order valence-corrected chi connectivity index (χ0v) is 17.7. The molecule has 2 aromatic carbocycles. The number of hydrogen-bond donors (Lipinski definition) is 2. The summed E-state index contributed by atoms with van der Waals surface area (Å²) < 4.78 is 1.23. The van der Waals surface area contributed by atoms with Crippen molar-refractivity contribution < 1.29 is 9.90 Å². The molecule has 0 spiro atoms. The Morgan fingerprint density at radius 3 is 2.53 bits per heavy atom. The maximum atomic E-state index is 12.8. The van der Waals surface area contributed by atoms with Crippen LogP contribution in [0.5, 0.6) is 5.75 Å². The van der Waals surface area contributed by atoms with Crippen LogP contribution in [0.15, 0.2) is 59.5 Å². The van der Waals surface area contributed by atoms with Crippen molar-refractivity contribution in [2.45, 2.75) is 24.8 Å². The van der Waals surface area contributed by atoms with Gasteiger partial charge < -0.3 is 15.0 Å². The lowest BCUT2D eigenvalue weighted by molar-refractivity contribution is 0.0929. The van der Waals surface area contributed by atoms with Gasteiger partial charge in [0, 0.05) is 19.2 Å². The number of benzene rings is 2. The van der Waals surface area contributed by atoms with Gasteiger partial charge in [-0.25, -0.2) is 0 Å². The maximum absolute atomic E-state index is 12.8. The Bertz CT molecular complexity index is 1190. The van der Waals surface area contributed by atoms with Crippen LogP contribution in [0.1, 0.15) is 51.8 Å². The molecule has 4 rings (SSSR count). The second-order valence-electron chi connectivity index (χ2n) is 7.45. The van der Waals surface area contributed by atoms with E-state index in [2.05, 4.69) is 11.4 Å². The zero-order chi connectivity index (χ0) is 21.4. The lowest BCUT2D eigenvalue weighted by Gasteiger charge is -2.32. The van der Waals surface area contributed by atoms with E-state index in [1.807, 2.05) is 30.3 Å². The minimum Gasteiger partial charge on any atom is -0.502 e. The number of aromatic hydroxyl groups is 1. The molecule has 1 aliphatic rings. The number of hydrogen-bond acceptors (Lipinski definition) is 3. The lowest BCUT2D eigenvalue weighted by atomic mass is 9.76. The van der Waals surface area contributed by atoms with Gasteiger partial charge in [-0.1, -0.05) is 53.5 Å². The van der Waals surface area contributed by atoms with Crippen molar-refractivity contribution in [2.24, 2.45) is 7.05 Å². The first-order valence-electron chi connectivity index (χ1n) is 9.60. The number of halogens is 2. The van der Waals surface area contributed by atoms with Gasteiger partial charge in [0.05, 0.1) is 21.7 Å². The highest BCUT2D eigenvalue weighted by molar-refractivity contribution is 6.42. The quantitative estimate of drug-likeness (QED) is 0.611. The average Bonchev–Trinajstić information content (AvgIpc) is 2.74. The van der Waals surface area contributed by atoms with E-state index < -0.39 is 17.2 Å². The van der Waals surface area contributed by atoms with Crippen molar-refractivity contribution in [1.82, 2.24) is 9.88 Å². The predicted molar refractivity (Wildman–Crippen MR) is 118 cm³/mol. The van der Waals surface area contributed by atoms with Crippen LogP contribution in [0.4, 0.5) is 0 Å². The van der Waals surface area contributed by atoms with Crippen LogP contribution >= 0.6 is 23.2 Å². The summed E-state index contributed by atoms with van der Waals surface area (Å²) in [6, 6.07) is 14.8. The van der Waals surface area contributed by atoms with Crippen LogP contribution in [0.25, 0.3) is 0 Å². The van der Waals surface area contributed by atoms with Crippen molar-refractivity contribution in [3.05, 3.63) is 97.4 Å². The van der Waals surface area contributed by atoms with Gasteiger partial charge in [-0.2, -0.15) is 0 Å². The van der Waals surface area contributed by atoms with Crippen molar-refractivity contribution in [3.63, 3.8) is 0 Å². The van der Waals surface area contributed by atoms with E-state index in [0.29, 0.717) is 16.5 Å². The van der Waals surface area contributed by atoms with E-state index in [1.165, 1.54) is 23.9 Å². The Kier molecular flexibility index (Phi) is 5.58. The molecule has 0 saturated heterocycles. The van der Waals surface area contributed by atoms with Gasteiger partial charge in [0.25, 0.3) is 11.5 Å². The molecule has 154 valence electrons. The molecule has 2 N–H and O–H groups in total. The fourth-order valence-electron chi connectivity index (χ4n) is 4.05. The van der Waals surface area contributed by atoms with Crippen LogP contribution in [-0.4, -0.2) is 15.6 Å². The summed E-state index contributed by atoms with van der Waals surface area (Å²) in [5.74, 6) is -0.880. The molecular formula is C23H20Cl2N2O3. The van der Waals surface area contributed by atoms with Gasteiger partial charge in [0.1, 0.15) is 0 Å². The number of aryl methyl sites for hydroxylation is 1. The summed E-state index contributed by atoms with van der Waals surface area (Å²) in [5.41, 5.74) is 2.57. The van der Waals surface area contributed by atoms with Crippen LogP contribution < -0.4 is 10.9 Å². The summed E-state index contributed by atoms with van der Waals surface area (Å²) in [4.78, 5) is 24.7. The largest absolute Gasteiger partial charge is 0.502 e. The molecule has 0 aliphatic heterocycles. The molecule has 7 heteroatoms. The summed E-state index contributed by atoms with van der Waals surface area (Å²) in [7, 11) is 1.52. The van der Waals surface area contributed by atoms with Gasteiger partial charge in [-0.15, -0.1) is 0 Å². The number of nitrogens with zero attached hydrogens (tertiary/aromatic N) is 1. The number of pyridine rings is 1. The van der Waals surface area contributed by atoms with E-state index in [1.54, 1.807) is 6.07 Å². The van der Waals surface area contributed by atoms with Gasteiger partial charge in [-0.05, 0) is 47.7 Å². The first-order chi connectivity index (χ1) is 14.4. The van der Waals surface area contributed by atoms with Crippen molar-refractivity contribution in [1.29, 1.82) is 0 Å². The Hall–Kier alpha value is -2.76. The van der Waals surface area contributed by atoms with E-state index in [0.717, 1.165) is 23.1 Å². The van der Waals surface area contributed by atoms with Gasteiger partial charge in [0.15, 0.2) is 5.75 Å². The monoisotopic (exact) mass is 442 g/mol. The number of fused-ring (bicyclic) bond motifs is 1. The summed E-state index contributed by atoms with van der Waals surface area (Å²) in [5, 5.41) is 14.1. The smallest absolute Gasteiger partial charge is 0.293 e. The minimum absolute atomic E-state index is 0.0258. The summed E-state index contributed by atoms with van der Waals surface area (Å²) in [6.07, 6.45) is 2.98. The highest BCUT2D eigenvalue weighted by Gasteiger charge is 2.30. The van der Waals surface area contributed by atoms with Crippen LogP contribution in [0.3, 0.4) is 0 Å². The van der Waals surface area contributed by atoms with Gasteiger partial charge >= 0.3 is 0 Å².